The van der Waals surface area contributed by atoms with Crippen LogP contribution in [-0.4, -0.2) is 60.3 Å². The summed E-state index contributed by atoms with van der Waals surface area (Å²) < 4.78 is 4.73. The molecule has 144 valence electrons. The lowest BCUT2D eigenvalue weighted by Crippen LogP contribution is -2.54. The summed E-state index contributed by atoms with van der Waals surface area (Å²) in [7, 11) is 1.38. The summed E-state index contributed by atoms with van der Waals surface area (Å²) in [6.07, 6.45) is 0. The SMILES string of the molecule is COC(=O)c1ccc(N2CCN(C(=O)CSCc3cscn3)[C@H](C)C2)cc1. The highest BCUT2D eigenvalue weighted by molar-refractivity contribution is 7.99. The fourth-order valence-corrected chi connectivity index (χ4v) is 4.60. The Morgan fingerprint density at radius 2 is 2.07 bits per heavy atom. The van der Waals surface area contributed by atoms with Crippen molar-refractivity contribution in [1.29, 1.82) is 0 Å². The number of piperazine rings is 1. The second kappa shape index (κ2) is 9.23. The van der Waals surface area contributed by atoms with Gasteiger partial charge in [0, 0.05) is 42.5 Å². The number of hydrogen-bond acceptors (Lipinski definition) is 7. The fourth-order valence-electron chi connectivity index (χ4n) is 3.12. The van der Waals surface area contributed by atoms with Crippen molar-refractivity contribution >= 4 is 40.7 Å². The van der Waals surface area contributed by atoms with Gasteiger partial charge in [0.25, 0.3) is 0 Å². The summed E-state index contributed by atoms with van der Waals surface area (Å²) >= 11 is 3.19. The highest BCUT2D eigenvalue weighted by Crippen LogP contribution is 2.21. The van der Waals surface area contributed by atoms with Crippen molar-refractivity contribution < 1.29 is 14.3 Å². The lowest BCUT2D eigenvalue weighted by molar-refractivity contribution is -0.130. The first kappa shape index (κ1) is 19.7. The zero-order valence-electron chi connectivity index (χ0n) is 15.5. The average molecular weight is 406 g/mol. The number of thiazole rings is 1. The summed E-state index contributed by atoms with van der Waals surface area (Å²) in [5.74, 6) is 1.11. The van der Waals surface area contributed by atoms with E-state index in [9.17, 15) is 9.59 Å². The van der Waals surface area contributed by atoms with Crippen LogP contribution in [0, 0.1) is 0 Å². The summed E-state index contributed by atoms with van der Waals surface area (Å²) in [5, 5.41) is 2.02. The molecule has 0 radical (unpaired) electrons. The Bertz CT molecular complexity index is 765. The molecule has 2 aromatic rings. The van der Waals surface area contributed by atoms with E-state index in [1.807, 2.05) is 27.9 Å². The number of thioether (sulfide) groups is 1. The van der Waals surface area contributed by atoms with Crippen LogP contribution in [0.1, 0.15) is 23.0 Å². The number of carbonyl (C=O) groups is 2. The van der Waals surface area contributed by atoms with Crippen LogP contribution in [0.15, 0.2) is 35.2 Å². The molecule has 0 N–H and O–H groups in total. The molecule has 1 aromatic carbocycles. The zero-order chi connectivity index (χ0) is 19.2. The van der Waals surface area contributed by atoms with Crippen LogP contribution >= 0.6 is 23.1 Å². The molecule has 3 rings (SSSR count). The molecule has 1 aliphatic rings. The number of benzene rings is 1. The molecule has 1 atom stereocenters. The van der Waals surface area contributed by atoms with Gasteiger partial charge in [0.15, 0.2) is 0 Å². The average Bonchev–Trinajstić information content (AvgIpc) is 3.20. The minimum atomic E-state index is -0.333. The van der Waals surface area contributed by atoms with E-state index < -0.39 is 0 Å². The van der Waals surface area contributed by atoms with Gasteiger partial charge in [0.1, 0.15) is 0 Å². The van der Waals surface area contributed by atoms with Gasteiger partial charge >= 0.3 is 5.97 Å². The van der Waals surface area contributed by atoms with E-state index in [0.717, 1.165) is 30.2 Å². The Labute approximate surface area is 167 Å². The summed E-state index contributed by atoms with van der Waals surface area (Å²) in [4.78, 5) is 32.6. The first-order valence-electron chi connectivity index (χ1n) is 8.76. The third kappa shape index (κ3) is 5.01. The molecule has 1 aromatic heterocycles. The number of ether oxygens (including phenoxy) is 1. The number of methoxy groups -OCH3 is 1. The molecule has 0 bridgehead atoms. The van der Waals surface area contributed by atoms with Gasteiger partial charge < -0.3 is 14.5 Å². The van der Waals surface area contributed by atoms with Gasteiger partial charge in [-0.1, -0.05) is 0 Å². The molecule has 1 fully saturated rings. The predicted octanol–water partition coefficient (Wildman–Crippen LogP) is 2.90. The fraction of sp³-hybridized carbons (Fsp3) is 0.421. The monoisotopic (exact) mass is 405 g/mol. The number of hydrogen-bond donors (Lipinski definition) is 0. The molecule has 1 aliphatic heterocycles. The molecular formula is C19H23N3O3S2. The van der Waals surface area contributed by atoms with Crippen molar-refractivity contribution in [3.05, 3.63) is 46.4 Å². The van der Waals surface area contributed by atoms with Crippen molar-refractivity contribution in [3.8, 4) is 0 Å². The molecule has 0 unspecified atom stereocenters. The first-order chi connectivity index (χ1) is 13.1. The van der Waals surface area contributed by atoms with Crippen LogP contribution in [0.5, 0.6) is 0 Å². The van der Waals surface area contributed by atoms with Crippen LogP contribution in [0.25, 0.3) is 0 Å². The van der Waals surface area contributed by atoms with Crippen LogP contribution in [0.3, 0.4) is 0 Å². The number of anilines is 1. The molecule has 1 amide bonds. The molecule has 6 nitrogen and oxygen atoms in total. The lowest BCUT2D eigenvalue weighted by atomic mass is 10.1. The molecule has 0 spiro atoms. The zero-order valence-corrected chi connectivity index (χ0v) is 17.1. The van der Waals surface area contributed by atoms with Gasteiger partial charge in [0.2, 0.25) is 5.91 Å². The normalized spacial score (nSPS) is 17.0. The molecule has 0 saturated carbocycles. The number of rotatable bonds is 6. The number of amides is 1. The minimum absolute atomic E-state index is 0.145. The topological polar surface area (TPSA) is 62.7 Å². The highest BCUT2D eigenvalue weighted by Gasteiger charge is 2.27. The Kier molecular flexibility index (Phi) is 6.73. The molecule has 1 saturated heterocycles. The second-order valence-corrected chi connectivity index (χ2v) is 8.10. The van der Waals surface area contributed by atoms with Gasteiger partial charge in [-0.15, -0.1) is 23.1 Å². The molecular weight excluding hydrogens is 382 g/mol. The molecule has 8 heteroatoms. The second-order valence-electron chi connectivity index (χ2n) is 6.39. The van der Waals surface area contributed by atoms with E-state index in [1.165, 1.54) is 7.11 Å². The van der Waals surface area contributed by atoms with Crippen molar-refractivity contribution in [1.82, 2.24) is 9.88 Å². The van der Waals surface area contributed by atoms with E-state index >= 15 is 0 Å². The maximum absolute atomic E-state index is 12.6. The van der Waals surface area contributed by atoms with Crippen molar-refractivity contribution in [2.45, 2.75) is 18.7 Å². The van der Waals surface area contributed by atoms with Crippen molar-refractivity contribution in [3.63, 3.8) is 0 Å². The predicted molar refractivity (Wildman–Crippen MR) is 109 cm³/mol. The van der Waals surface area contributed by atoms with Crippen LogP contribution in [0.4, 0.5) is 5.69 Å². The smallest absolute Gasteiger partial charge is 0.337 e. The third-order valence-electron chi connectivity index (χ3n) is 4.56. The molecule has 2 heterocycles. The maximum atomic E-state index is 12.6. The summed E-state index contributed by atoms with van der Waals surface area (Å²) in [6.45, 7) is 4.35. The van der Waals surface area contributed by atoms with E-state index in [1.54, 1.807) is 35.2 Å². The lowest BCUT2D eigenvalue weighted by Gasteiger charge is -2.41. The van der Waals surface area contributed by atoms with Crippen LogP contribution in [-0.2, 0) is 15.3 Å². The van der Waals surface area contributed by atoms with E-state index in [4.69, 9.17) is 4.74 Å². The van der Waals surface area contributed by atoms with E-state index in [-0.39, 0.29) is 17.9 Å². The van der Waals surface area contributed by atoms with E-state index in [0.29, 0.717) is 17.9 Å². The number of aromatic nitrogens is 1. The van der Waals surface area contributed by atoms with Crippen molar-refractivity contribution in [2.75, 3.05) is 37.4 Å². The number of esters is 1. The Morgan fingerprint density at radius 1 is 1.30 bits per heavy atom. The molecule has 0 aliphatic carbocycles. The summed E-state index contributed by atoms with van der Waals surface area (Å²) in [5.41, 5.74) is 4.45. The minimum Gasteiger partial charge on any atom is -0.465 e. The number of carbonyl (C=O) groups excluding carboxylic acids is 2. The van der Waals surface area contributed by atoms with Gasteiger partial charge in [0.05, 0.1) is 29.6 Å². The first-order valence-corrected chi connectivity index (χ1v) is 10.9. The van der Waals surface area contributed by atoms with Gasteiger partial charge in [-0.25, -0.2) is 9.78 Å². The quantitative estimate of drug-likeness (QED) is 0.689. The maximum Gasteiger partial charge on any atom is 0.337 e. The number of nitrogens with zero attached hydrogens (tertiary/aromatic N) is 3. The van der Waals surface area contributed by atoms with Crippen LogP contribution < -0.4 is 4.90 Å². The molecule has 27 heavy (non-hydrogen) atoms. The van der Waals surface area contributed by atoms with Gasteiger partial charge in [-0.05, 0) is 31.2 Å². The highest BCUT2D eigenvalue weighted by atomic mass is 32.2. The Balaban J connectivity index is 1.50. The largest absolute Gasteiger partial charge is 0.465 e. The Morgan fingerprint density at radius 3 is 2.70 bits per heavy atom. The third-order valence-corrected chi connectivity index (χ3v) is 6.15. The van der Waals surface area contributed by atoms with E-state index in [2.05, 4.69) is 16.8 Å². The van der Waals surface area contributed by atoms with Gasteiger partial charge in [-0.3, -0.25) is 4.79 Å². The van der Waals surface area contributed by atoms with Crippen molar-refractivity contribution in [2.24, 2.45) is 0 Å². The van der Waals surface area contributed by atoms with Gasteiger partial charge in [-0.2, -0.15) is 0 Å². The summed E-state index contributed by atoms with van der Waals surface area (Å²) in [6, 6.07) is 7.56. The van der Waals surface area contributed by atoms with Crippen LogP contribution in [0.2, 0.25) is 0 Å². The Hall–Kier alpha value is -2.06. The standard InChI is InChI=1S/C19H23N3O3S2/c1-14-9-21(17-5-3-15(4-6-17)19(24)25-2)7-8-22(14)18(23)12-26-10-16-11-27-13-20-16/h3-6,11,13-14H,7-10,12H2,1-2H3/t14-/m1/s1.